The van der Waals surface area contributed by atoms with E-state index in [0.29, 0.717) is 24.9 Å². The summed E-state index contributed by atoms with van der Waals surface area (Å²) in [7, 11) is -2.25. The third-order valence-corrected chi connectivity index (χ3v) is 8.40. The Kier molecular flexibility index (Phi) is 7.14. The maximum atomic E-state index is 11.4. The number of rotatable bonds is 8. The Labute approximate surface area is 231 Å². The molecular weight excluding hydrogens is 529 g/mol. The van der Waals surface area contributed by atoms with E-state index in [1.54, 1.807) is 4.68 Å². The van der Waals surface area contributed by atoms with E-state index in [1.807, 2.05) is 38.4 Å². The summed E-state index contributed by atoms with van der Waals surface area (Å²) in [5, 5.41) is 12.4. The number of benzene rings is 1. The van der Waals surface area contributed by atoms with Crippen LogP contribution >= 0.6 is 7.60 Å². The lowest BCUT2D eigenvalue weighted by Crippen LogP contribution is -2.27. The molecule has 3 N–H and O–H groups in total. The maximum absolute atomic E-state index is 11.4. The van der Waals surface area contributed by atoms with Crippen LogP contribution in [0.3, 0.4) is 0 Å². The van der Waals surface area contributed by atoms with Crippen LogP contribution in [0, 0.1) is 12.8 Å². The summed E-state index contributed by atoms with van der Waals surface area (Å²) in [6.07, 6.45) is 3.42. The summed E-state index contributed by atoms with van der Waals surface area (Å²) in [5.74, 6) is 0.863. The molecule has 12 heteroatoms. The van der Waals surface area contributed by atoms with Crippen molar-refractivity contribution in [2.24, 2.45) is 13.0 Å². The second-order valence-corrected chi connectivity index (χ2v) is 12.1. The molecule has 6 rings (SSSR count). The fraction of sp³-hybridized carbons (Fsp3) is 0.357. The number of aromatic nitrogens is 6. The molecule has 208 valence electrons. The number of aryl methyl sites for hydroxylation is 2. The zero-order valence-electron chi connectivity index (χ0n) is 22.4. The molecule has 5 heterocycles. The molecule has 0 aliphatic carbocycles. The minimum atomic E-state index is -4.13. The van der Waals surface area contributed by atoms with Gasteiger partial charge in [0.15, 0.2) is 0 Å². The molecule has 1 aromatic carbocycles. The van der Waals surface area contributed by atoms with Gasteiger partial charge in [-0.1, -0.05) is 35.5 Å². The van der Waals surface area contributed by atoms with Gasteiger partial charge in [0.25, 0.3) is 0 Å². The van der Waals surface area contributed by atoms with Crippen molar-refractivity contribution < 1.29 is 19.1 Å². The van der Waals surface area contributed by atoms with E-state index in [-0.39, 0.29) is 18.7 Å². The lowest BCUT2D eigenvalue weighted by molar-refractivity contribution is 0.0552. The van der Waals surface area contributed by atoms with Crippen molar-refractivity contribution in [3.63, 3.8) is 0 Å². The maximum Gasteiger partial charge on any atom is 0.327 e. The molecule has 1 fully saturated rings. The van der Waals surface area contributed by atoms with Gasteiger partial charge in [-0.3, -0.25) is 9.55 Å². The highest BCUT2D eigenvalue weighted by Crippen LogP contribution is 2.41. The Bertz CT molecular complexity index is 1690. The lowest BCUT2D eigenvalue weighted by Gasteiger charge is -2.32. The van der Waals surface area contributed by atoms with E-state index < -0.39 is 7.60 Å². The van der Waals surface area contributed by atoms with Crippen molar-refractivity contribution in [2.75, 3.05) is 31.2 Å². The van der Waals surface area contributed by atoms with Gasteiger partial charge in [-0.2, -0.15) is 0 Å². The quantitative estimate of drug-likeness (QED) is 0.237. The molecular formula is C28H32N7O4P. The Hall–Kier alpha value is -3.63. The van der Waals surface area contributed by atoms with E-state index in [4.69, 9.17) is 14.7 Å². The van der Waals surface area contributed by atoms with Gasteiger partial charge in [-0.15, -0.1) is 5.10 Å². The molecule has 0 unspecified atom stereocenters. The first-order valence-electron chi connectivity index (χ1n) is 13.4. The number of pyridine rings is 2. The third kappa shape index (κ3) is 5.13. The van der Waals surface area contributed by atoms with Crippen LogP contribution in [0.25, 0.3) is 33.3 Å². The van der Waals surface area contributed by atoms with Crippen LogP contribution < -0.4 is 5.32 Å². The number of ether oxygens (including phenoxy) is 1. The van der Waals surface area contributed by atoms with Crippen molar-refractivity contribution >= 4 is 35.5 Å². The van der Waals surface area contributed by atoms with Gasteiger partial charge in [0.1, 0.15) is 11.5 Å². The van der Waals surface area contributed by atoms with E-state index in [9.17, 15) is 14.4 Å². The normalized spacial score (nSPS) is 15.6. The number of hydrogen-bond acceptors (Lipinski definition) is 7. The van der Waals surface area contributed by atoms with Crippen LogP contribution in [0.4, 0.5) is 5.82 Å². The van der Waals surface area contributed by atoms with E-state index >= 15 is 0 Å². The largest absolute Gasteiger partial charge is 0.381 e. The Morgan fingerprint density at radius 3 is 2.62 bits per heavy atom. The highest BCUT2D eigenvalue weighted by molar-refractivity contribution is 7.51. The average Bonchev–Trinajstić information content (AvgIpc) is 3.45. The molecule has 1 saturated heterocycles. The molecule has 0 amide bonds. The molecule has 4 aromatic heterocycles. The summed E-state index contributed by atoms with van der Waals surface area (Å²) in [6.45, 7) is 3.46. The summed E-state index contributed by atoms with van der Waals surface area (Å²) < 4.78 is 21.2. The molecule has 0 saturated carbocycles. The van der Waals surface area contributed by atoms with Gasteiger partial charge in [-0.25, -0.2) is 9.67 Å². The summed E-state index contributed by atoms with van der Waals surface area (Å²) in [6, 6.07) is 16.4. The van der Waals surface area contributed by atoms with Crippen LogP contribution in [-0.2, 0) is 16.3 Å². The monoisotopic (exact) mass is 561 g/mol. The standard InChI is InChI=1S/C28H32N7O4P/c1-18-26(34(2)33-32-18)21-16-23-25(30-17-21)22-8-9-24(29-12-15-40(36,37)38)31-28(22)35(23)27(19-6-4-3-5-7-19)20-10-13-39-14-11-20/h3-9,16-17,20,27H,10-15H2,1-2H3,(H,29,31)(H2,36,37,38)/t27-/m1/s1. The Morgan fingerprint density at radius 1 is 1.15 bits per heavy atom. The second-order valence-electron chi connectivity index (χ2n) is 10.3. The smallest absolute Gasteiger partial charge is 0.327 e. The summed E-state index contributed by atoms with van der Waals surface area (Å²) in [4.78, 5) is 28.6. The van der Waals surface area contributed by atoms with E-state index in [0.717, 1.165) is 51.9 Å². The topological polar surface area (TPSA) is 140 Å². The first kappa shape index (κ1) is 26.6. The third-order valence-electron chi connectivity index (χ3n) is 7.60. The first-order chi connectivity index (χ1) is 19.3. The molecule has 1 atom stereocenters. The van der Waals surface area contributed by atoms with Crippen LogP contribution in [0.2, 0.25) is 0 Å². The first-order valence-corrected chi connectivity index (χ1v) is 15.2. The van der Waals surface area contributed by atoms with Crippen LogP contribution in [0.5, 0.6) is 0 Å². The van der Waals surface area contributed by atoms with Crippen LogP contribution in [0.15, 0.2) is 54.7 Å². The molecule has 11 nitrogen and oxygen atoms in total. The molecule has 1 aliphatic rings. The molecule has 0 bridgehead atoms. The van der Waals surface area contributed by atoms with Crippen molar-refractivity contribution in [3.05, 3.63) is 66.0 Å². The SMILES string of the molecule is Cc1nnn(C)c1-c1cnc2c3ccc(NCCP(=O)(O)O)nc3n([C@H](c3ccccc3)C3CCOCC3)c2c1. The van der Waals surface area contributed by atoms with Gasteiger partial charge in [0, 0.05) is 44.0 Å². The van der Waals surface area contributed by atoms with E-state index in [1.165, 1.54) is 5.56 Å². The van der Waals surface area contributed by atoms with Crippen molar-refractivity contribution in [2.45, 2.75) is 25.8 Å². The fourth-order valence-corrected chi connectivity index (χ4v) is 6.19. The number of hydrogen-bond donors (Lipinski definition) is 3. The zero-order valence-corrected chi connectivity index (χ0v) is 23.3. The van der Waals surface area contributed by atoms with E-state index in [2.05, 4.69) is 50.5 Å². The lowest BCUT2D eigenvalue weighted by atomic mass is 9.86. The van der Waals surface area contributed by atoms with Crippen molar-refractivity contribution in [3.8, 4) is 11.3 Å². The minimum absolute atomic E-state index is 0.0224. The van der Waals surface area contributed by atoms with Crippen LogP contribution in [0.1, 0.15) is 30.1 Å². The molecule has 0 radical (unpaired) electrons. The fourth-order valence-electron chi connectivity index (χ4n) is 5.78. The van der Waals surface area contributed by atoms with Gasteiger partial charge >= 0.3 is 7.60 Å². The van der Waals surface area contributed by atoms with Gasteiger partial charge in [0.05, 0.1) is 34.6 Å². The Balaban J connectivity index is 1.58. The Morgan fingerprint density at radius 2 is 1.93 bits per heavy atom. The van der Waals surface area contributed by atoms with Crippen LogP contribution in [-0.4, -0.2) is 65.2 Å². The number of nitrogens with one attached hydrogen (secondary N) is 1. The van der Waals surface area contributed by atoms with Crippen molar-refractivity contribution in [1.82, 2.24) is 29.5 Å². The molecule has 0 spiro atoms. The zero-order chi connectivity index (χ0) is 27.9. The highest BCUT2D eigenvalue weighted by Gasteiger charge is 2.31. The summed E-state index contributed by atoms with van der Waals surface area (Å²) >= 11 is 0. The predicted octanol–water partition coefficient (Wildman–Crippen LogP) is 4.29. The average molecular weight is 562 g/mol. The molecule has 1 aliphatic heterocycles. The molecule has 5 aromatic rings. The van der Waals surface area contributed by atoms with Gasteiger partial charge in [0.2, 0.25) is 0 Å². The number of fused-ring (bicyclic) bond motifs is 3. The number of anilines is 1. The molecule has 40 heavy (non-hydrogen) atoms. The van der Waals surface area contributed by atoms with Gasteiger partial charge in [-0.05, 0) is 49.4 Å². The van der Waals surface area contributed by atoms with Gasteiger partial charge < -0.3 is 24.4 Å². The minimum Gasteiger partial charge on any atom is -0.381 e. The van der Waals surface area contributed by atoms with Crippen molar-refractivity contribution in [1.29, 1.82) is 0 Å². The predicted molar refractivity (Wildman–Crippen MR) is 153 cm³/mol. The summed E-state index contributed by atoms with van der Waals surface area (Å²) in [5.41, 5.74) is 6.38. The second kappa shape index (κ2) is 10.7. The number of nitrogens with zero attached hydrogens (tertiary/aromatic N) is 6. The highest BCUT2D eigenvalue weighted by atomic mass is 31.2.